The van der Waals surface area contributed by atoms with Crippen molar-refractivity contribution in [3.63, 3.8) is 0 Å². The van der Waals surface area contributed by atoms with Crippen LogP contribution in [0, 0.1) is 0 Å². The fraction of sp³-hybridized carbons (Fsp3) is 0.444. The Morgan fingerprint density at radius 1 is 1.35 bits per heavy atom. The highest BCUT2D eigenvalue weighted by Crippen LogP contribution is 2.23. The maximum Gasteiger partial charge on any atom is 0.422 e. The van der Waals surface area contributed by atoms with E-state index in [-0.39, 0.29) is 5.56 Å². The molecule has 0 aliphatic heterocycles. The number of halogens is 5. The van der Waals surface area contributed by atoms with Crippen LogP contribution in [0.5, 0.6) is 5.88 Å². The maximum absolute atomic E-state index is 12.1. The highest BCUT2D eigenvalue weighted by Gasteiger charge is 2.29. The Morgan fingerprint density at radius 3 is 2.53 bits per heavy atom. The topological polar surface area (TPSA) is 42.4 Å². The van der Waals surface area contributed by atoms with Crippen LogP contribution < -0.4 is 4.74 Å². The van der Waals surface area contributed by atoms with Crippen LogP contribution in [0.2, 0.25) is 0 Å². The third kappa shape index (κ3) is 4.51. The zero-order valence-corrected chi connectivity index (χ0v) is 8.29. The Morgan fingerprint density at radius 2 is 2.00 bits per heavy atom. The SMILES string of the molecule is O[C@@H](c1ccnc(OCC(F)(F)F)c1)C(F)F. The van der Waals surface area contributed by atoms with Gasteiger partial charge in [0, 0.05) is 12.3 Å². The molecule has 0 saturated carbocycles. The second kappa shape index (κ2) is 5.26. The van der Waals surface area contributed by atoms with Crippen molar-refractivity contribution in [3.8, 4) is 5.88 Å². The maximum atomic E-state index is 12.1. The summed E-state index contributed by atoms with van der Waals surface area (Å²) in [6.45, 7) is -1.58. The number of rotatable bonds is 4. The van der Waals surface area contributed by atoms with Gasteiger partial charge in [-0.3, -0.25) is 0 Å². The fourth-order valence-electron chi connectivity index (χ4n) is 0.989. The molecule has 96 valence electrons. The molecule has 0 unspecified atom stereocenters. The van der Waals surface area contributed by atoms with Gasteiger partial charge in [-0.2, -0.15) is 13.2 Å². The Kier molecular flexibility index (Phi) is 4.22. The highest BCUT2D eigenvalue weighted by molar-refractivity contribution is 5.22. The average molecular weight is 257 g/mol. The van der Waals surface area contributed by atoms with Gasteiger partial charge in [-0.15, -0.1) is 0 Å². The predicted octanol–water partition coefficient (Wildman–Crippen LogP) is 2.32. The van der Waals surface area contributed by atoms with Crippen molar-refractivity contribution in [1.29, 1.82) is 0 Å². The summed E-state index contributed by atoms with van der Waals surface area (Å²) in [5.74, 6) is -0.473. The summed E-state index contributed by atoms with van der Waals surface area (Å²) < 4.78 is 63.9. The molecule has 1 aromatic rings. The Hall–Kier alpha value is -1.44. The van der Waals surface area contributed by atoms with Crippen LogP contribution in [0.4, 0.5) is 22.0 Å². The lowest BCUT2D eigenvalue weighted by Crippen LogP contribution is -2.19. The molecule has 0 bridgehead atoms. The van der Waals surface area contributed by atoms with Crippen LogP contribution in [-0.2, 0) is 0 Å². The molecular weight excluding hydrogens is 249 g/mol. The lowest BCUT2D eigenvalue weighted by molar-refractivity contribution is -0.154. The van der Waals surface area contributed by atoms with Crippen molar-refractivity contribution in [2.75, 3.05) is 6.61 Å². The molecule has 0 saturated heterocycles. The van der Waals surface area contributed by atoms with Crippen LogP contribution in [-0.4, -0.2) is 29.3 Å². The first kappa shape index (κ1) is 13.6. The summed E-state index contributed by atoms with van der Waals surface area (Å²) >= 11 is 0. The second-order valence-electron chi connectivity index (χ2n) is 3.11. The zero-order valence-electron chi connectivity index (χ0n) is 8.29. The highest BCUT2D eigenvalue weighted by atomic mass is 19.4. The molecule has 0 spiro atoms. The summed E-state index contributed by atoms with van der Waals surface area (Å²) in [7, 11) is 0. The minimum Gasteiger partial charge on any atom is -0.468 e. The van der Waals surface area contributed by atoms with E-state index >= 15 is 0 Å². The first-order valence-electron chi connectivity index (χ1n) is 4.41. The summed E-state index contributed by atoms with van der Waals surface area (Å²) in [4.78, 5) is 3.41. The summed E-state index contributed by atoms with van der Waals surface area (Å²) in [5.41, 5.74) is -0.257. The molecule has 1 rings (SSSR count). The van der Waals surface area contributed by atoms with Crippen molar-refractivity contribution in [2.45, 2.75) is 18.7 Å². The standard InChI is InChI=1S/C9H8F5NO2/c10-8(11)7(16)5-1-2-15-6(3-5)17-4-9(12,13)14/h1-3,7-8,16H,4H2/t7-/m0/s1. The number of ether oxygens (including phenoxy) is 1. The first-order valence-corrected chi connectivity index (χ1v) is 4.41. The summed E-state index contributed by atoms with van der Waals surface area (Å²) in [5, 5.41) is 8.99. The molecule has 1 atom stereocenters. The van der Waals surface area contributed by atoms with Gasteiger partial charge < -0.3 is 9.84 Å². The number of hydrogen-bond donors (Lipinski definition) is 1. The molecule has 1 aromatic heterocycles. The van der Waals surface area contributed by atoms with E-state index < -0.39 is 31.2 Å². The van der Waals surface area contributed by atoms with Gasteiger partial charge in [0.25, 0.3) is 6.43 Å². The van der Waals surface area contributed by atoms with Crippen LogP contribution >= 0.6 is 0 Å². The lowest BCUT2D eigenvalue weighted by Gasteiger charge is -2.12. The van der Waals surface area contributed by atoms with Gasteiger partial charge in [0.1, 0.15) is 6.10 Å². The lowest BCUT2D eigenvalue weighted by atomic mass is 10.1. The van der Waals surface area contributed by atoms with E-state index in [1.807, 2.05) is 0 Å². The Labute approximate surface area is 92.8 Å². The predicted molar refractivity (Wildman–Crippen MR) is 46.8 cm³/mol. The number of aliphatic hydroxyl groups is 1. The van der Waals surface area contributed by atoms with E-state index in [0.29, 0.717) is 0 Å². The molecule has 0 radical (unpaired) electrons. The van der Waals surface area contributed by atoms with Gasteiger partial charge in [0.2, 0.25) is 5.88 Å². The fourth-order valence-corrected chi connectivity index (χ4v) is 0.989. The van der Waals surface area contributed by atoms with E-state index in [2.05, 4.69) is 9.72 Å². The van der Waals surface area contributed by atoms with Crippen molar-refractivity contribution in [1.82, 2.24) is 4.98 Å². The third-order valence-electron chi connectivity index (χ3n) is 1.72. The minimum atomic E-state index is -4.54. The molecule has 17 heavy (non-hydrogen) atoms. The van der Waals surface area contributed by atoms with E-state index in [1.54, 1.807) is 0 Å². The summed E-state index contributed by atoms with van der Waals surface area (Å²) in [6, 6.07) is 1.90. The van der Waals surface area contributed by atoms with Crippen LogP contribution in [0.15, 0.2) is 18.3 Å². The number of aliphatic hydroxyl groups excluding tert-OH is 1. The van der Waals surface area contributed by atoms with Crippen LogP contribution in [0.25, 0.3) is 0 Å². The van der Waals surface area contributed by atoms with Gasteiger partial charge in [-0.25, -0.2) is 13.8 Å². The first-order chi connectivity index (χ1) is 7.79. The van der Waals surface area contributed by atoms with Crippen molar-refractivity contribution < 1.29 is 31.8 Å². The number of alkyl halides is 5. The van der Waals surface area contributed by atoms with Crippen molar-refractivity contribution in [2.24, 2.45) is 0 Å². The second-order valence-corrected chi connectivity index (χ2v) is 3.11. The molecule has 8 heteroatoms. The van der Waals surface area contributed by atoms with Crippen LogP contribution in [0.1, 0.15) is 11.7 Å². The molecule has 1 heterocycles. The van der Waals surface area contributed by atoms with Gasteiger partial charge in [0.15, 0.2) is 6.61 Å². The molecule has 0 fully saturated rings. The van der Waals surface area contributed by atoms with Gasteiger partial charge in [-0.05, 0) is 11.6 Å². The van der Waals surface area contributed by atoms with E-state index in [9.17, 15) is 22.0 Å². The van der Waals surface area contributed by atoms with Gasteiger partial charge in [-0.1, -0.05) is 0 Å². The Bertz CT molecular complexity index is 369. The molecule has 0 aliphatic carbocycles. The smallest absolute Gasteiger partial charge is 0.422 e. The quantitative estimate of drug-likeness (QED) is 0.842. The monoisotopic (exact) mass is 257 g/mol. The van der Waals surface area contributed by atoms with Crippen LogP contribution in [0.3, 0.4) is 0 Å². The number of nitrogens with zero attached hydrogens (tertiary/aromatic N) is 1. The molecule has 0 aromatic carbocycles. The molecular formula is C9H8F5NO2. The molecule has 0 amide bonds. The number of pyridine rings is 1. The molecule has 1 N–H and O–H groups in total. The normalized spacial score (nSPS) is 13.8. The van der Waals surface area contributed by atoms with E-state index in [1.165, 1.54) is 0 Å². The number of hydrogen-bond acceptors (Lipinski definition) is 3. The minimum absolute atomic E-state index is 0.257. The number of aromatic nitrogens is 1. The van der Waals surface area contributed by atoms with Crippen molar-refractivity contribution in [3.05, 3.63) is 23.9 Å². The molecule has 0 aliphatic rings. The van der Waals surface area contributed by atoms with E-state index in [0.717, 1.165) is 18.3 Å². The van der Waals surface area contributed by atoms with Crippen molar-refractivity contribution >= 4 is 0 Å². The third-order valence-corrected chi connectivity index (χ3v) is 1.72. The zero-order chi connectivity index (χ0) is 13.1. The largest absolute Gasteiger partial charge is 0.468 e. The summed E-state index contributed by atoms with van der Waals surface area (Å²) in [6.07, 6.45) is -8.68. The van der Waals surface area contributed by atoms with Gasteiger partial charge in [0.05, 0.1) is 0 Å². The van der Waals surface area contributed by atoms with Gasteiger partial charge >= 0.3 is 6.18 Å². The van der Waals surface area contributed by atoms with E-state index in [4.69, 9.17) is 5.11 Å². The Balaban J connectivity index is 2.73. The average Bonchev–Trinajstić information content (AvgIpc) is 2.24. The molecule has 3 nitrogen and oxygen atoms in total.